The minimum Gasteiger partial charge on any atom is -0.507 e. The number of hydrogen-bond acceptors (Lipinski definition) is 2. The van der Waals surface area contributed by atoms with Gasteiger partial charge in [-0.3, -0.25) is 0 Å². The van der Waals surface area contributed by atoms with Gasteiger partial charge in [0.1, 0.15) is 17.1 Å². The van der Waals surface area contributed by atoms with E-state index in [4.69, 9.17) is 4.74 Å². The summed E-state index contributed by atoms with van der Waals surface area (Å²) in [6, 6.07) is 1.91. The largest absolute Gasteiger partial charge is 0.507 e. The Labute approximate surface area is 98.3 Å². The van der Waals surface area contributed by atoms with E-state index in [1.165, 1.54) is 0 Å². The first kappa shape index (κ1) is 12.9. The van der Waals surface area contributed by atoms with Crippen molar-refractivity contribution in [2.45, 2.75) is 53.6 Å². The lowest BCUT2D eigenvalue weighted by molar-refractivity contribution is 0.129. The van der Waals surface area contributed by atoms with Gasteiger partial charge in [-0.25, -0.2) is 0 Å². The molecule has 2 heteroatoms. The molecule has 0 unspecified atom stereocenters. The third kappa shape index (κ3) is 2.69. The summed E-state index contributed by atoms with van der Waals surface area (Å²) in [5.74, 6) is 1.28. The van der Waals surface area contributed by atoms with Gasteiger partial charge in [-0.1, -0.05) is 6.92 Å². The van der Waals surface area contributed by atoms with E-state index in [0.29, 0.717) is 5.75 Å². The molecule has 0 aliphatic rings. The zero-order chi connectivity index (χ0) is 12.5. The molecule has 0 aliphatic heterocycles. The van der Waals surface area contributed by atoms with Gasteiger partial charge >= 0.3 is 0 Å². The highest BCUT2D eigenvalue weighted by Crippen LogP contribution is 2.34. The molecule has 1 N–H and O–H groups in total. The molecular formula is C14H22O2. The van der Waals surface area contributed by atoms with Crippen molar-refractivity contribution in [3.8, 4) is 11.5 Å². The highest BCUT2D eigenvalue weighted by Gasteiger charge is 2.17. The van der Waals surface area contributed by atoms with E-state index < -0.39 is 0 Å². The molecule has 0 fully saturated rings. The molecule has 0 bridgehead atoms. The first-order valence-electron chi connectivity index (χ1n) is 5.77. The number of benzene rings is 1. The molecule has 0 amide bonds. The maximum absolute atomic E-state index is 9.95. The standard InChI is InChI=1S/C14H22O2/c1-7-11-10(3)12(16-14(4,5)6)8-9(2)13(11)15/h8,15H,7H2,1-6H3. The Bertz CT molecular complexity index is 387. The van der Waals surface area contributed by atoms with E-state index in [9.17, 15) is 5.11 Å². The second-order valence-corrected chi connectivity index (χ2v) is 5.21. The summed E-state index contributed by atoms with van der Waals surface area (Å²) in [4.78, 5) is 0. The quantitative estimate of drug-likeness (QED) is 0.825. The van der Waals surface area contributed by atoms with Gasteiger partial charge in [-0.05, 0) is 58.2 Å². The van der Waals surface area contributed by atoms with Crippen LogP contribution in [0.5, 0.6) is 11.5 Å². The molecule has 0 atom stereocenters. The monoisotopic (exact) mass is 222 g/mol. The van der Waals surface area contributed by atoms with Gasteiger partial charge in [0.25, 0.3) is 0 Å². The first-order valence-corrected chi connectivity index (χ1v) is 5.77. The van der Waals surface area contributed by atoms with Gasteiger partial charge in [0.2, 0.25) is 0 Å². The van der Waals surface area contributed by atoms with Gasteiger partial charge < -0.3 is 9.84 Å². The molecular weight excluding hydrogens is 200 g/mol. The third-order valence-electron chi connectivity index (χ3n) is 2.60. The molecule has 16 heavy (non-hydrogen) atoms. The highest BCUT2D eigenvalue weighted by atomic mass is 16.5. The van der Waals surface area contributed by atoms with Crippen LogP contribution in [-0.4, -0.2) is 10.7 Å². The van der Waals surface area contributed by atoms with Crippen LogP contribution in [0.3, 0.4) is 0 Å². The predicted octanol–water partition coefficient (Wildman–Crippen LogP) is 3.75. The van der Waals surface area contributed by atoms with E-state index in [1.54, 1.807) is 0 Å². The minimum atomic E-state index is -0.209. The number of aryl methyl sites for hydroxylation is 1. The summed E-state index contributed by atoms with van der Waals surface area (Å²) in [6.07, 6.45) is 0.819. The smallest absolute Gasteiger partial charge is 0.123 e. The molecule has 1 aromatic carbocycles. The van der Waals surface area contributed by atoms with Crippen LogP contribution in [0.15, 0.2) is 6.07 Å². The number of ether oxygens (including phenoxy) is 1. The van der Waals surface area contributed by atoms with Crippen LogP contribution in [0.1, 0.15) is 44.4 Å². The number of phenols is 1. The van der Waals surface area contributed by atoms with Crippen LogP contribution in [0.2, 0.25) is 0 Å². The maximum Gasteiger partial charge on any atom is 0.123 e. The van der Waals surface area contributed by atoms with Crippen LogP contribution in [0.25, 0.3) is 0 Å². The molecule has 0 saturated heterocycles. The average molecular weight is 222 g/mol. The number of rotatable bonds is 2. The maximum atomic E-state index is 9.95. The van der Waals surface area contributed by atoms with Gasteiger partial charge in [-0.15, -0.1) is 0 Å². The molecule has 0 heterocycles. The SMILES string of the molecule is CCc1c(C)c(OC(C)(C)C)cc(C)c1O. The van der Waals surface area contributed by atoms with Crippen LogP contribution in [0, 0.1) is 13.8 Å². The van der Waals surface area contributed by atoms with Crippen molar-refractivity contribution in [1.29, 1.82) is 0 Å². The van der Waals surface area contributed by atoms with Crippen molar-refractivity contribution >= 4 is 0 Å². The molecule has 0 aliphatic carbocycles. The van der Waals surface area contributed by atoms with Gasteiger partial charge in [0.05, 0.1) is 0 Å². The Morgan fingerprint density at radius 1 is 1.25 bits per heavy atom. The van der Waals surface area contributed by atoms with E-state index in [-0.39, 0.29) is 5.60 Å². The molecule has 1 aromatic rings. The lowest BCUT2D eigenvalue weighted by atomic mass is 10.00. The van der Waals surface area contributed by atoms with Crippen molar-refractivity contribution in [1.82, 2.24) is 0 Å². The van der Waals surface area contributed by atoms with Crippen molar-refractivity contribution in [3.05, 3.63) is 22.8 Å². The summed E-state index contributed by atoms with van der Waals surface area (Å²) in [5.41, 5.74) is 2.70. The van der Waals surface area contributed by atoms with Crippen LogP contribution in [0.4, 0.5) is 0 Å². The van der Waals surface area contributed by atoms with Crippen LogP contribution in [-0.2, 0) is 6.42 Å². The highest BCUT2D eigenvalue weighted by molar-refractivity contribution is 5.52. The summed E-state index contributed by atoms with van der Waals surface area (Å²) >= 11 is 0. The summed E-state index contributed by atoms with van der Waals surface area (Å²) in [7, 11) is 0. The molecule has 2 nitrogen and oxygen atoms in total. The zero-order valence-corrected chi connectivity index (χ0v) is 11.1. The van der Waals surface area contributed by atoms with E-state index >= 15 is 0 Å². The van der Waals surface area contributed by atoms with Crippen molar-refractivity contribution < 1.29 is 9.84 Å². The van der Waals surface area contributed by atoms with Gasteiger partial charge in [0.15, 0.2) is 0 Å². The molecule has 0 aromatic heterocycles. The Balaban J connectivity index is 3.26. The summed E-state index contributed by atoms with van der Waals surface area (Å²) < 4.78 is 5.90. The summed E-state index contributed by atoms with van der Waals surface area (Å²) in [6.45, 7) is 12.0. The van der Waals surface area contributed by atoms with E-state index in [2.05, 4.69) is 0 Å². The Morgan fingerprint density at radius 3 is 2.25 bits per heavy atom. The Kier molecular flexibility index (Phi) is 3.51. The lowest BCUT2D eigenvalue weighted by Crippen LogP contribution is -2.23. The van der Waals surface area contributed by atoms with E-state index in [1.807, 2.05) is 47.6 Å². The Morgan fingerprint density at radius 2 is 1.81 bits per heavy atom. The Hall–Kier alpha value is -1.18. The first-order chi connectivity index (χ1) is 7.26. The van der Waals surface area contributed by atoms with Crippen molar-refractivity contribution in [3.63, 3.8) is 0 Å². The zero-order valence-electron chi connectivity index (χ0n) is 11.1. The van der Waals surface area contributed by atoms with Gasteiger partial charge in [0, 0.05) is 5.56 Å². The second-order valence-electron chi connectivity index (χ2n) is 5.21. The fraction of sp³-hybridized carbons (Fsp3) is 0.571. The van der Waals surface area contributed by atoms with Crippen LogP contribution >= 0.6 is 0 Å². The molecule has 1 rings (SSSR count). The number of phenolic OH excluding ortho intramolecular Hbond substituents is 1. The van der Waals surface area contributed by atoms with E-state index in [0.717, 1.165) is 28.9 Å². The fourth-order valence-electron chi connectivity index (χ4n) is 1.81. The minimum absolute atomic E-state index is 0.209. The predicted molar refractivity (Wildman–Crippen MR) is 67.3 cm³/mol. The van der Waals surface area contributed by atoms with Crippen molar-refractivity contribution in [2.75, 3.05) is 0 Å². The molecule has 0 radical (unpaired) electrons. The lowest BCUT2D eigenvalue weighted by Gasteiger charge is -2.24. The second kappa shape index (κ2) is 4.36. The summed E-state index contributed by atoms with van der Waals surface area (Å²) in [5, 5.41) is 9.95. The van der Waals surface area contributed by atoms with Crippen LogP contribution < -0.4 is 4.74 Å². The number of hydrogen-bond donors (Lipinski definition) is 1. The third-order valence-corrected chi connectivity index (χ3v) is 2.60. The normalized spacial score (nSPS) is 11.6. The molecule has 0 saturated carbocycles. The topological polar surface area (TPSA) is 29.5 Å². The number of aromatic hydroxyl groups is 1. The fourth-order valence-corrected chi connectivity index (χ4v) is 1.81. The molecule has 0 spiro atoms. The molecule has 90 valence electrons. The van der Waals surface area contributed by atoms with Crippen molar-refractivity contribution in [2.24, 2.45) is 0 Å². The average Bonchev–Trinajstić information content (AvgIpc) is 2.13. The van der Waals surface area contributed by atoms with Gasteiger partial charge in [-0.2, -0.15) is 0 Å².